The number of hydrogen-bond acceptors (Lipinski definition) is 3. The number of aromatic nitrogens is 3. The molecule has 0 saturated carbocycles. The van der Waals surface area contributed by atoms with Crippen molar-refractivity contribution in [1.29, 1.82) is 0 Å². The number of nitrogens with one attached hydrogen (secondary N) is 2. The number of aromatic amines is 1. The van der Waals surface area contributed by atoms with Crippen LogP contribution >= 0.6 is 15.9 Å². The zero-order chi connectivity index (χ0) is 13.9. The Hall–Kier alpha value is -1.72. The molecule has 2 aromatic heterocycles. The van der Waals surface area contributed by atoms with Gasteiger partial charge in [-0.25, -0.2) is 4.98 Å². The molecule has 0 amide bonds. The molecule has 2 N–H and O–H groups in total. The lowest BCUT2D eigenvalue weighted by Gasteiger charge is -2.13. The highest BCUT2D eigenvalue weighted by Crippen LogP contribution is 2.25. The molecule has 0 aliphatic heterocycles. The fourth-order valence-corrected chi connectivity index (χ4v) is 2.67. The molecule has 1 unspecified atom stereocenters. The first kappa shape index (κ1) is 13.3. The van der Waals surface area contributed by atoms with Crippen molar-refractivity contribution in [2.24, 2.45) is 0 Å². The van der Waals surface area contributed by atoms with E-state index in [4.69, 9.17) is 0 Å². The van der Waals surface area contributed by atoms with Crippen molar-refractivity contribution >= 4 is 26.8 Å². The predicted octanol–water partition coefficient (Wildman–Crippen LogP) is 3.57. The van der Waals surface area contributed by atoms with Crippen molar-refractivity contribution in [3.8, 4) is 0 Å². The summed E-state index contributed by atoms with van der Waals surface area (Å²) in [6, 6.07) is 8.37. The lowest BCUT2D eigenvalue weighted by Crippen LogP contribution is -2.19. The number of pyridine rings is 1. The Labute approximate surface area is 125 Å². The number of halogens is 1. The highest BCUT2D eigenvalue weighted by atomic mass is 79.9. The smallest absolute Gasteiger partial charge is 0.122 e. The average Bonchev–Trinajstić information content (AvgIpc) is 3.01. The summed E-state index contributed by atoms with van der Waals surface area (Å²) in [5.74, 6) is 0.944. The lowest BCUT2D eigenvalue weighted by atomic mass is 10.1. The van der Waals surface area contributed by atoms with Crippen molar-refractivity contribution < 1.29 is 0 Å². The molecular weight excluding hydrogens is 316 g/mol. The fourth-order valence-electron chi connectivity index (χ4n) is 2.21. The second kappa shape index (κ2) is 5.73. The summed E-state index contributed by atoms with van der Waals surface area (Å²) in [4.78, 5) is 11.9. The second-order valence-electron chi connectivity index (χ2n) is 4.68. The van der Waals surface area contributed by atoms with Gasteiger partial charge in [0.25, 0.3) is 0 Å². The topological polar surface area (TPSA) is 53.6 Å². The highest BCUT2D eigenvalue weighted by molar-refractivity contribution is 9.10. The summed E-state index contributed by atoms with van der Waals surface area (Å²) in [5.41, 5.74) is 2.21. The van der Waals surface area contributed by atoms with Crippen LogP contribution in [-0.2, 0) is 6.54 Å². The monoisotopic (exact) mass is 330 g/mol. The van der Waals surface area contributed by atoms with Crippen LogP contribution < -0.4 is 5.32 Å². The van der Waals surface area contributed by atoms with Crippen molar-refractivity contribution in [2.45, 2.75) is 19.5 Å². The Bertz CT molecular complexity index is 709. The van der Waals surface area contributed by atoms with E-state index in [1.54, 1.807) is 6.20 Å². The van der Waals surface area contributed by atoms with E-state index >= 15 is 0 Å². The largest absolute Gasteiger partial charge is 0.347 e. The van der Waals surface area contributed by atoms with Crippen molar-refractivity contribution in [3.63, 3.8) is 0 Å². The number of fused-ring (bicyclic) bond motifs is 1. The minimum Gasteiger partial charge on any atom is -0.347 e. The molecule has 0 bridgehead atoms. The molecule has 0 aliphatic rings. The van der Waals surface area contributed by atoms with Gasteiger partial charge < -0.3 is 10.3 Å². The van der Waals surface area contributed by atoms with Gasteiger partial charge in [-0.1, -0.05) is 28.1 Å². The molecule has 1 aromatic carbocycles. The zero-order valence-corrected chi connectivity index (χ0v) is 12.7. The first-order valence-corrected chi connectivity index (χ1v) is 7.30. The second-order valence-corrected chi connectivity index (χ2v) is 5.54. The average molecular weight is 331 g/mol. The first-order valence-electron chi connectivity index (χ1n) is 6.50. The third-order valence-corrected chi connectivity index (χ3v) is 4.02. The summed E-state index contributed by atoms with van der Waals surface area (Å²) in [5, 5.41) is 4.60. The van der Waals surface area contributed by atoms with E-state index in [-0.39, 0.29) is 6.04 Å². The maximum absolute atomic E-state index is 4.49. The molecular formula is C15H15BrN4. The number of imidazole rings is 1. The first-order chi connectivity index (χ1) is 9.75. The van der Waals surface area contributed by atoms with Gasteiger partial charge in [0.15, 0.2) is 0 Å². The van der Waals surface area contributed by atoms with Crippen LogP contribution in [0.5, 0.6) is 0 Å². The Morgan fingerprint density at radius 2 is 2.15 bits per heavy atom. The highest BCUT2D eigenvalue weighted by Gasteiger charge is 2.09. The van der Waals surface area contributed by atoms with Gasteiger partial charge in [0.1, 0.15) is 5.82 Å². The summed E-state index contributed by atoms with van der Waals surface area (Å²) in [7, 11) is 0. The molecule has 0 spiro atoms. The van der Waals surface area contributed by atoms with Crippen LogP contribution in [0.2, 0.25) is 0 Å². The van der Waals surface area contributed by atoms with Gasteiger partial charge in [0, 0.05) is 35.0 Å². The van der Waals surface area contributed by atoms with E-state index < -0.39 is 0 Å². The number of nitrogens with zero attached hydrogens (tertiary/aromatic N) is 2. The van der Waals surface area contributed by atoms with E-state index in [2.05, 4.69) is 61.3 Å². The van der Waals surface area contributed by atoms with Crippen molar-refractivity contribution in [3.05, 3.63) is 58.7 Å². The van der Waals surface area contributed by atoms with Crippen LogP contribution in [0.4, 0.5) is 0 Å². The standard InChI is InChI=1S/C15H15BrN4/c1-10(15-18-7-8-19-15)20-9-11-4-5-13(16)12-3-2-6-17-14(11)12/h2-8,10,20H,9H2,1H3,(H,18,19). The van der Waals surface area contributed by atoms with E-state index in [0.717, 1.165) is 27.7 Å². The van der Waals surface area contributed by atoms with Crippen molar-refractivity contribution in [1.82, 2.24) is 20.3 Å². The Morgan fingerprint density at radius 3 is 2.95 bits per heavy atom. The van der Waals surface area contributed by atoms with Crippen LogP contribution in [0, 0.1) is 0 Å². The third kappa shape index (κ3) is 2.59. The van der Waals surface area contributed by atoms with E-state index in [1.165, 1.54) is 5.56 Å². The van der Waals surface area contributed by atoms with Crippen LogP contribution in [0.15, 0.2) is 47.3 Å². The minimum atomic E-state index is 0.174. The Morgan fingerprint density at radius 1 is 1.25 bits per heavy atom. The maximum Gasteiger partial charge on any atom is 0.122 e. The van der Waals surface area contributed by atoms with Crippen LogP contribution in [0.25, 0.3) is 10.9 Å². The number of hydrogen-bond donors (Lipinski definition) is 2. The van der Waals surface area contributed by atoms with Gasteiger partial charge in [0.05, 0.1) is 11.6 Å². The van der Waals surface area contributed by atoms with Crippen LogP contribution in [0.1, 0.15) is 24.4 Å². The predicted molar refractivity (Wildman–Crippen MR) is 83.3 cm³/mol. The summed E-state index contributed by atoms with van der Waals surface area (Å²) in [6.07, 6.45) is 5.43. The summed E-state index contributed by atoms with van der Waals surface area (Å²) < 4.78 is 1.07. The van der Waals surface area contributed by atoms with Crippen LogP contribution in [0.3, 0.4) is 0 Å². The zero-order valence-electron chi connectivity index (χ0n) is 11.1. The number of rotatable bonds is 4. The molecule has 0 fully saturated rings. The molecule has 3 rings (SSSR count). The van der Waals surface area contributed by atoms with E-state index in [9.17, 15) is 0 Å². The lowest BCUT2D eigenvalue weighted by molar-refractivity contribution is 0.552. The van der Waals surface area contributed by atoms with E-state index in [0.29, 0.717) is 0 Å². The molecule has 1 atom stereocenters. The van der Waals surface area contributed by atoms with E-state index in [1.807, 2.05) is 18.5 Å². The Balaban J connectivity index is 1.83. The fraction of sp³-hybridized carbons (Fsp3) is 0.200. The van der Waals surface area contributed by atoms with Gasteiger partial charge in [-0.05, 0) is 24.6 Å². The molecule has 2 heterocycles. The number of benzene rings is 1. The maximum atomic E-state index is 4.49. The van der Waals surface area contributed by atoms with Gasteiger partial charge >= 0.3 is 0 Å². The SMILES string of the molecule is CC(NCc1ccc(Br)c2cccnc12)c1ncc[nH]1. The molecule has 5 heteroatoms. The molecule has 20 heavy (non-hydrogen) atoms. The molecule has 0 saturated heterocycles. The molecule has 0 aliphatic carbocycles. The normalized spacial score (nSPS) is 12.7. The molecule has 3 aromatic rings. The van der Waals surface area contributed by atoms with Crippen LogP contribution in [-0.4, -0.2) is 15.0 Å². The summed E-state index contributed by atoms with van der Waals surface area (Å²) >= 11 is 3.57. The number of H-pyrrole nitrogens is 1. The Kier molecular flexibility index (Phi) is 3.80. The van der Waals surface area contributed by atoms with Gasteiger partial charge in [0.2, 0.25) is 0 Å². The quantitative estimate of drug-likeness (QED) is 0.768. The van der Waals surface area contributed by atoms with Gasteiger partial charge in [-0.3, -0.25) is 4.98 Å². The molecule has 102 valence electrons. The third-order valence-electron chi connectivity index (χ3n) is 3.33. The molecule has 4 nitrogen and oxygen atoms in total. The minimum absolute atomic E-state index is 0.174. The summed E-state index contributed by atoms with van der Waals surface area (Å²) in [6.45, 7) is 2.84. The van der Waals surface area contributed by atoms with Gasteiger partial charge in [-0.15, -0.1) is 0 Å². The molecule has 0 radical (unpaired) electrons. The van der Waals surface area contributed by atoms with Gasteiger partial charge in [-0.2, -0.15) is 0 Å². The van der Waals surface area contributed by atoms with Crippen molar-refractivity contribution in [2.75, 3.05) is 0 Å².